The Labute approximate surface area is 229 Å². The van der Waals surface area contributed by atoms with Crippen LogP contribution in [0.2, 0.25) is 0 Å². The van der Waals surface area contributed by atoms with Gasteiger partial charge in [-0.25, -0.2) is 10.1 Å². The molecule has 38 heavy (non-hydrogen) atoms. The molecule has 4 rings (SSSR count). The van der Waals surface area contributed by atoms with E-state index in [2.05, 4.69) is 43.1 Å². The molecule has 7 heteroatoms. The number of terminal acetylenes is 1. The van der Waals surface area contributed by atoms with Gasteiger partial charge in [-0.3, -0.25) is 4.79 Å². The highest BCUT2D eigenvalue weighted by Crippen LogP contribution is 2.67. The van der Waals surface area contributed by atoms with Crippen LogP contribution in [0, 0.1) is 52.8 Å². The second kappa shape index (κ2) is 13.3. The molecule has 3 saturated carbocycles. The van der Waals surface area contributed by atoms with E-state index < -0.39 is 0 Å². The van der Waals surface area contributed by atoms with Crippen molar-refractivity contribution in [3.8, 4) is 12.3 Å². The molecule has 4 aliphatic carbocycles. The molecule has 0 spiro atoms. The predicted octanol–water partition coefficient (Wildman–Crippen LogP) is 5.55. The predicted molar refractivity (Wildman–Crippen MR) is 146 cm³/mol. The van der Waals surface area contributed by atoms with E-state index in [1.54, 1.807) is 0 Å². The molecule has 0 radical (unpaired) electrons. The van der Waals surface area contributed by atoms with Crippen molar-refractivity contribution in [2.24, 2.45) is 40.4 Å². The Morgan fingerprint density at radius 1 is 1.16 bits per heavy atom. The highest BCUT2D eigenvalue weighted by Gasteiger charge is 2.59. The number of allylic oxidation sites excluding steroid dienone is 1. The average Bonchev–Trinajstić information content (AvgIpc) is 3.26. The van der Waals surface area contributed by atoms with Crippen molar-refractivity contribution in [3.63, 3.8) is 0 Å². The highest BCUT2D eigenvalue weighted by molar-refractivity contribution is 5.75. The van der Waals surface area contributed by atoms with Gasteiger partial charge in [0.05, 0.1) is 25.9 Å². The van der Waals surface area contributed by atoms with Crippen molar-refractivity contribution >= 4 is 5.91 Å². The number of carbonyl (C=O) groups excluding carboxylic acids is 1. The molecule has 8 atom stereocenters. The maximum atomic E-state index is 12.5. The van der Waals surface area contributed by atoms with Crippen molar-refractivity contribution in [1.29, 1.82) is 0 Å². The molecule has 8 unspecified atom stereocenters. The number of ether oxygens (including phenoxy) is 2. The Bertz CT molecular complexity index is 869. The Kier molecular flexibility index (Phi) is 10.3. The summed E-state index contributed by atoms with van der Waals surface area (Å²) in [4.78, 5) is 17.6. The third-order valence-corrected chi connectivity index (χ3v) is 11.0. The van der Waals surface area contributed by atoms with Crippen molar-refractivity contribution in [2.75, 3.05) is 33.0 Å². The van der Waals surface area contributed by atoms with Crippen LogP contribution < -0.4 is 5.32 Å². The minimum atomic E-state index is -0.0370. The van der Waals surface area contributed by atoms with E-state index in [4.69, 9.17) is 26.0 Å². The molecule has 0 aliphatic heterocycles. The van der Waals surface area contributed by atoms with Crippen molar-refractivity contribution in [1.82, 2.24) is 5.32 Å². The second-order valence-electron chi connectivity index (χ2n) is 12.8. The molecule has 0 aromatic heterocycles. The fraction of sp³-hybridized carbons (Fsp3) is 0.839. The summed E-state index contributed by atoms with van der Waals surface area (Å²) in [6.07, 6.45) is 18.4. The lowest BCUT2D eigenvalue weighted by molar-refractivity contribution is -0.507. The zero-order valence-corrected chi connectivity index (χ0v) is 23.7. The van der Waals surface area contributed by atoms with Crippen molar-refractivity contribution in [3.05, 3.63) is 11.6 Å². The highest BCUT2D eigenvalue weighted by atomic mass is 17.5. The van der Waals surface area contributed by atoms with Crippen LogP contribution in [0.5, 0.6) is 0 Å². The van der Waals surface area contributed by atoms with Gasteiger partial charge < -0.3 is 14.8 Å². The lowest BCUT2D eigenvalue weighted by Crippen LogP contribution is -2.51. The van der Waals surface area contributed by atoms with E-state index in [-0.39, 0.29) is 17.4 Å². The van der Waals surface area contributed by atoms with Crippen LogP contribution in [0.3, 0.4) is 0 Å². The number of nitrogens with one attached hydrogen (secondary N) is 1. The quantitative estimate of drug-likeness (QED) is 0.106. The number of fused-ring (bicyclic) bond motifs is 5. The van der Waals surface area contributed by atoms with Crippen LogP contribution in [0.4, 0.5) is 0 Å². The van der Waals surface area contributed by atoms with Gasteiger partial charge in [-0.15, -0.1) is 6.42 Å². The summed E-state index contributed by atoms with van der Waals surface area (Å²) in [6.45, 7) is 9.72. The summed E-state index contributed by atoms with van der Waals surface area (Å²) < 4.78 is 10.6. The van der Waals surface area contributed by atoms with Crippen LogP contribution in [-0.2, 0) is 24.2 Å². The summed E-state index contributed by atoms with van der Waals surface area (Å²) in [5.74, 6) is 6.05. The topological polar surface area (TPSA) is 86.3 Å². The molecule has 0 saturated heterocycles. The van der Waals surface area contributed by atoms with Gasteiger partial charge in [0.1, 0.15) is 6.61 Å². The van der Waals surface area contributed by atoms with Gasteiger partial charge in [0, 0.05) is 13.0 Å². The first-order valence-corrected chi connectivity index (χ1v) is 14.9. The Morgan fingerprint density at radius 3 is 2.76 bits per heavy atom. The maximum Gasteiger partial charge on any atom is 0.220 e. The second-order valence-corrected chi connectivity index (χ2v) is 12.8. The average molecular weight is 532 g/mol. The first-order valence-electron chi connectivity index (χ1n) is 14.9. The lowest BCUT2D eigenvalue weighted by Gasteiger charge is -2.58. The zero-order valence-electron chi connectivity index (χ0n) is 23.7. The van der Waals surface area contributed by atoms with Crippen LogP contribution in [0.1, 0.15) is 85.0 Å². The smallest absolute Gasteiger partial charge is 0.220 e. The fourth-order valence-corrected chi connectivity index (χ4v) is 9.01. The third-order valence-electron chi connectivity index (χ3n) is 11.0. The van der Waals surface area contributed by atoms with E-state index in [0.29, 0.717) is 56.6 Å². The third kappa shape index (κ3) is 6.31. The van der Waals surface area contributed by atoms with E-state index in [1.165, 1.54) is 37.7 Å². The monoisotopic (exact) mass is 531 g/mol. The minimum absolute atomic E-state index is 0.0370. The van der Waals surface area contributed by atoms with E-state index in [9.17, 15) is 4.79 Å². The van der Waals surface area contributed by atoms with E-state index >= 15 is 0 Å². The van der Waals surface area contributed by atoms with Gasteiger partial charge in [0.25, 0.3) is 0 Å². The molecule has 7 nitrogen and oxygen atoms in total. The summed E-state index contributed by atoms with van der Waals surface area (Å²) >= 11 is 0. The van der Waals surface area contributed by atoms with Gasteiger partial charge in [0.2, 0.25) is 5.91 Å². The maximum absolute atomic E-state index is 12.5. The SMILES string of the molecule is C#CCOCCOCCNC(=O)CCC(C)C1CCC2C3CC=C4CC(OOO)CCC4(C)C3CCC12C. The summed E-state index contributed by atoms with van der Waals surface area (Å²) in [5, 5.41) is 15.8. The molecule has 4 aliphatic rings. The zero-order chi connectivity index (χ0) is 27.2. The molecule has 1 amide bonds. The van der Waals surface area contributed by atoms with Crippen molar-refractivity contribution in [2.45, 2.75) is 91.1 Å². The number of carbonyl (C=O) groups is 1. The number of rotatable bonds is 13. The minimum Gasteiger partial charge on any atom is -0.377 e. The molecule has 0 aromatic rings. The molecule has 214 valence electrons. The van der Waals surface area contributed by atoms with Crippen LogP contribution >= 0.6 is 0 Å². The summed E-state index contributed by atoms with van der Waals surface area (Å²) in [5.41, 5.74) is 2.14. The van der Waals surface area contributed by atoms with Gasteiger partial charge >= 0.3 is 0 Å². The number of amides is 1. The molecule has 2 N–H and O–H groups in total. The van der Waals surface area contributed by atoms with Gasteiger partial charge in [-0.05, 0) is 98.2 Å². The Hall–Kier alpha value is -1.43. The first kappa shape index (κ1) is 29.6. The van der Waals surface area contributed by atoms with Gasteiger partial charge in [0.15, 0.2) is 0 Å². The summed E-state index contributed by atoms with van der Waals surface area (Å²) in [7, 11) is 0. The largest absolute Gasteiger partial charge is 0.377 e. The molecule has 0 heterocycles. The molecular formula is C31H49NO6. The van der Waals surface area contributed by atoms with Crippen LogP contribution in [-0.4, -0.2) is 50.2 Å². The molecule has 3 fully saturated rings. The number of hydrogen-bond donors (Lipinski definition) is 2. The van der Waals surface area contributed by atoms with Gasteiger partial charge in [-0.2, -0.15) is 0 Å². The van der Waals surface area contributed by atoms with Crippen LogP contribution in [0.25, 0.3) is 0 Å². The lowest BCUT2D eigenvalue weighted by atomic mass is 9.47. The standard InChI is InChI=1S/C31H49NO6/c1-5-17-35-19-20-36-18-16-32-29(33)11-6-22(2)26-9-10-27-25-8-7-23-21-24(37-38-34)12-14-30(23,3)28(25)13-15-31(26,27)4/h1,7,22,24-28,34H,6,8-21H2,2-4H3,(H,32,33). The molecule has 0 aromatic carbocycles. The van der Waals surface area contributed by atoms with Crippen molar-refractivity contribution < 1.29 is 29.5 Å². The van der Waals surface area contributed by atoms with E-state index in [1.807, 2.05) is 0 Å². The van der Waals surface area contributed by atoms with Gasteiger partial charge in [-0.1, -0.05) is 43.4 Å². The van der Waals surface area contributed by atoms with Crippen LogP contribution in [0.15, 0.2) is 11.6 Å². The summed E-state index contributed by atoms with van der Waals surface area (Å²) in [6, 6.07) is 0. The number of hydrogen-bond acceptors (Lipinski definition) is 6. The van der Waals surface area contributed by atoms with E-state index in [0.717, 1.165) is 43.4 Å². The fourth-order valence-electron chi connectivity index (χ4n) is 9.01. The Morgan fingerprint density at radius 2 is 1.97 bits per heavy atom. The normalized spacial score (nSPS) is 36.8. The first-order chi connectivity index (χ1) is 18.3. The Balaban J connectivity index is 1.25. The molecular weight excluding hydrogens is 482 g/mol. The molecule has 0 bridgehead atoms.